The van der Waals surface area contributed by atoms with Gasteiger partial charge in [-0.3, -0.25) is 0 Å². The number of aromatic nitrogens is 4. The van der Waals surface area contributed by atoms with Crippen molar-refractivity contribution in [2.45, 2.75) is 13.8 Å². The maximum Gasteiger partial charge on any atom is 0.224 e. The van der Waals surface area contributed by atoms with Gasteiger partial charge in [0.15, 0.2) is 17.0 Å². The molecule has 21 heavy (non-hydrogen) atoms. The zero-order chi connectivity index (χ0) is 15.0. The molecule has 3 aromatic rings. The van der Waals surface area contributed by atoms with Gasteiger partial charge in [-0.05, 0) is 38.1 Å². The van der Waals surface area contributed by atoms with Gasteiger partial charge >= 0.3 is 0 Å². The van der Waals surface area contributed by atoms with Gasteiger partial charge in [0.05, 0.1) is 11.4 Å². The average molecular weight is 301 g/mol. The van der Waals surface area contributed by atoms with Crippen molar-refractivity contribution in [3.05, 3.63) is 40.7 Å². The highest BCUT2D eigenvalue weighted by molar-refractivity contribution is 6.30. The van der Waals surface area contributed by atoms with Gasteiger partial charge in [-0.1, -0.05) is 11.6 Å². The van der Waals surface area contributed by atoms with Crippen LogP contribution in [0.5, 0.6) is 0 Å². The van der Waals surface area contributed by atoms with E-state index in [0.717, 1.165) is 17.1 Å². The van der Waals surface area contributed by atoms with Crippen molar-refractivity contribution >= 4 is 40.2 Å². The van der Waals surface area contributed by atoms with Gasteiger partial charge < -0.3 is 11.1 Å². The molecule has 106 valence electrons. The molecular weight excluding hydrogens is 288 g/mol. The first-order valence-corrected chi connectivity index (χ1v) is 6.72. The summed E-state index contributed by atoms with van der Waals surface area (Å²) in [6.07, 6.45) is 0. The molecule has 0 fully saturated rings. The predicted octanol–water partition coefficient (Wildman–Crippen LogP) is 3.02. The third kappa shape index (κ3) is 2.71. The Labute approximate surface area is 126 Å². The Hall–Kier alpha value is -2.47. The Kier molecular flexibility index (Phi) is 3.31. The van der Waals surface area contributed by atoms with Crippen LogP contribution in [-0.2, 0) is 0 Å². The van der Waals surface area contributed by atoms with Gasteiger partial charge in [-0.15, -0.1) is 0 Å². The molecule has 6 nitrogen and oxygen atoms in total. The van der Waals surface area contributed by atoms with E-state index < -0.39 is 0 Å². The molecule has 0 unspecified atom stereocenters. The number of aryl methyl sites for hydroxylation is 2. The van der Waals surface area contributed by atoms with Crippen molar-refractivity contribution < 1.29 is 0 Å². The number of hydrogen-bond donors (Lipinski definition) is 2. The lowest BCUT2D eigenvalue weighted by Gasteiger charge is -2.10. The Morgan fingerprint density at radius 1 is 0.952 bits per heavy atom. The quantitative estimate of drug-likeness (QED) is 0.756. The first kappa shape index (κ1) is 13.5. The number of rotatable bonds is 2. The van der Waals surface area contributed by atoms with Crippen molar-refractivity contribution in [3.8, 4) is 0 Å². The SMILES string of the molecule is Cc1nc2nc(N)nc(Nc3ccc(Cl)cc3)c2nc1C. The van der Waals surface area contributed by atoms with E-state index >= 15 is 0 Å². The van der Waals surface area contributed by atoms with Crippen LogP contribution in [0.25, 0.3) is 11.2 Å². The first-order chi connectivity index (χ1) is 10.0. The molecular formula is C14H13ClN6. The fraction of sp³-hybridized carbons (Fsp3) is 0.143. The average Bonchev–Trinajstić information content (AvgIpc) is 2.43. The lowest BCUT2D eigenvalue weighted by Crippen LogP contribution is -2.05. The van der Waals surface area contributed by atoms with Gasteiger partial charge in [0, 0.05) is 10.7 Å². The summed E-state index contributed by atoms with van der Waals surface area (Å²) in [5, 5.41) is 3.84. The summed E-state index contributed by atoms with van der Waals surface area (Å²) in [5.41, 5.74) is 9.28. The molecule has 2 heterocycles. The number of nitrogens with one attached hydrogen (secondary N) is 1. The summed E-state index contributed by atoms with van der Waals surface area (Å²) in [6.45, 7) is 3.77. The number of anilines is 3. The van der Waals surface area contributed by atoms with Crippen LogP contribution < -0.4 is 11.1 Å². The molecule has 2 aromatic heterocycles. The van der Waals surface area contributed by atoms with E-state index in [1.54, 1.807) is 12.1 Å². The summed E-state index contributed by atoms with van der Waals surface area (Å²) in [7, 11) is 0. The van der Waals surface area contributed by atoms with Crippen LogP contribution in [-0.4, -0.2) is 19.9 Å². The molecule has 0 amide bonds. The summed E-state index contributed by atoms with van der Waals surface area (Å²) >= 11 is 5.88. The second kappa shape index (κ2) is 5.14. The molecule has 0 saturated carbocycles. The van der Waals surface area contributed by atoms with Crippen LogP contribution in [0.15, 0.2) is 24.3 Å². The number of nitrogen functional groups attached to an aromatic ring is 1. The van der Waals surface area contributed by atoms with Gasteiger partial charge in [0.2, 0.25) is 5.95 Å². The Bertz CT molecular complexity index is 816. The fourth-order valence-corrected chi connectivity index (χ4v) is 2.01. The molecule has 0 saturated heterocycles. The minimum atomic E-state index is 0.150. The van der Waals surface area contributed by atoms with Crippen molar-refractivity contribution in [2.24, 2.45) is 0 Å². The molecule has 0 aliphatic rings. The van der Waals surface area contributed by atoms with Crippen molar-refractivity contribution in [1.29, 1.82) is 0 Å². The van der Waals surface area contributed by atoms with Gasteiger partial charge in [0.25, 0.3) is 0 Å². The monoisotopic (exact) mass is 300 g/mol. The minimum Gasteiger partial charge on any atom is -0.368 e. The summed E-state index contributed by atoms with van der Waals surface area (Å²) in [6, 6.07) is 7.28. The third-order valence-corrected chi connectivity index (χ3v) is 3.32. The van der Waals surface area contributed by atoms with Crippen LogP contribution in [0.4, 0.5) is 17.5 Å². The zero-order valence-corrected chi connectivity index (χ0v) is 12.3. The Morgan fingerprint density at radius 3 is 2.33 bits per heavy atom. The highest BCUT2D eigenvalue weighted by atomic mass is 35.5. The molecule has 3 N–H and O–H groups in total. The number of halogens is 1. The highest BCUT2D eigenvalue weighted by Crippen LogP contribution is 2.23. The van der Waals surface area contributed by atoms with Crippen LogP contribution >= 0.6 is 11.6 Å². The van der Waals surface area contributed by atoms with E-state index in [2.05, 4.69) is 25.3 Å². The van der Waals surface area contributed by atoms with Crippen LogP contribution in [0, 0.1) is 13.8 Å². The number of benzene rings is 1. The lowest BCUT2D eigenvalue weighted by molar-refractivity contribution is 1.06. The van der Waals surface area contributed by atoms with E-state index in [-0.39, 0.29) is 5.95 Å². The van der Waals surface area contributed by atoms with E-state index in [0.29, 0.717) is 22.0 Å². The highest BCUT2D eigenvalue weighted by Gasteiger charge is 2.11. The van der Waals surface area contributed by atoms with E-state index in [1.807, 2.05) is 26.0 Å². The zero-order valence-electron chi connectivity index (χ0n) is 11.6. The molecule has 0 bridgehead atoms. The second-order valence-electron chi connectivity index (χ2n) is 4.63. The molecule has 0 atom stereocenters. The van der Waals surface area contributed by atoms with E-state index in [9.17, 15) is 0 Å². The number of fused-ring (bicyclic) bond motifs is 1. The van der Waals surface area contributed by atoms with Gasteiger partial charge in [0.1, 0.15) is 0 Å². The van der Waals surface area contributed by atoms with E-state index in [1.165, 1.54) is 0 Å². The normalized spacial score (nSPS) is 10.8. The Morgan fingerprint density at radius 2 is 1.62 bits per heavy atom. The molecule has 3 rings (SSSR count). The molecule has 0 aliphatic heterocycles. The van der Waals surface area contributed by atoms with Crippen molar-refractivity contribution in [3.63, 3.8) is 0 Å². The summed E-state index contributed by atoms with van der Waals surface area (Å²) < 4.78 is 0. The molecule has 7 heteroatoms. The lowest BCUT2D eigenvalue weighted by atomic mass is 10.3. The predicted molar refractivity (Wildman–Crippen MR) is 83.7 cm³/mol. The maximum atomic E-state index is 5.88. The summed E-state index contributed by atoms with van der Waals surface area (Å²) in [5.74, 6) is 0.673. The van der Waals surface area contributed by atoms with Crippen LogP contribution in [0.3, 0.4) is 0 Å². The topological polar surface area (TPSA) is 89.6 Å². The van der Waals surface area contributed by atoms with Crippen molar-refractivity contribution in [1.82, 2.24) is 19.9 Å². The first-order valence-electron chi connectivity index (χ1n) is 6.34. The molecule has 1 aromatic carbocycles. The van der Waals surface area contributed by atoms with E-state index in [4.69, 9.17) is 17.3 Å². The molecule has 0 radical (unpaired) electrons. The van der Waals surface area contributed by atoms with Crippen LogP contribution in [0.1, 0.15) is 11.4 Å². The molecule has 0 spiro atoms. The summed E-state index contributed by atoms with van der Waals surface area (Å²) in [4.78, 5) is 17.2. The third-order valence-electron chi connectivity index (χ3n) is 3.07. The smallest absolute Gasteiger partial charge is 0.224 e. The molecule has 0 aliphatic carbocycles. The number of hydrogen-bond acceptors (Lipinski definition) is 6. The second-order valence-corrected chi connectivity index (χ2v) is 5.07. The largest absolute Gasteiger partial charge is 0.368 e. The minimum absolute atomic E-state index is 0.150. The van der Waals surface area contributed by atoms with Crippen molar-refractivity contribution in [2.75, 3.05) is 11.1 Å². The maximum absolute atomic E-state index is 5.88. The van der Waals surface area contributed by atoms with Gasteiger partial charge in [-0.2, -0.15) is 9.97 Å². The standard InChI is InChI=1S/C14H13ClN6/c1-7-8(2)18-12-11(17-7)13(21-14(16)20-12)19-10-5-3-9(15)4-6-10/h3-6H,1-2H3,(H3,16,18,19,20,21). The number of nitrogens with two attached hydrogens (primary N) is 1. The number of nitrogens with zero attached hydrogens (tertiary/aromatic N) is 4. The van der Waals surface area contributed by atoms with Crippen LogP contribution in [0.2, 0.25) is 5.02 Å². The Balaban J connectivity index is 2.12. The fourth-order valence-electron chi connectivity index (χ4n) is 1.89. The van der Waals surface area contributed by atoms with Gasteiger partial charge in [-0.25, -0.2) is 9.97 Å².